The Hall–Kier alpha value is -1.66. The van der Waals surface area contributed by atoms with E-state index < -0.39 is 0 Å². The Kier molecular flexibility index (Phi) is 6.15. The number of anilines is 1. The lowest BCUT2D eigenvalue weighted by Crippen LogP contribution is -2.47. The molecular weight excluding hydrogens is 278 g/mol. The zero-order valence-corrected chi connectivity index (χ0v) is 13.9. The minimum atomic E-state index is 0.0345. The second-order valence-corrected chi connectivity index (χ2v) is 6.11. The van der Waals surface area contributed by atoms with Crippen LogP contribution in [0.5, 0.6) is 0 Å². The van der Waals surface area contributed by atoms with Crippen molar-refractivity contribution < 1.29 is 4.79 Å². The van der Waals surface area contributed by atoms with Gasteiger partial charge in [0.15, 0.2) is 0 Å². The van der Waals surface area contributed by atoms with Crippen molar-refractivity contribution in [3.05, 3.63) is 24.0 Å². The molecular formula is C16H27N5O. The molecule has 0 spiro atoms. The van der Waals surface area contributed by atoms with Crippen molar-refractivity contribution in [2.24, 2.45) is 0 Å². The summed E-state index contributed by atoms with van der Waals surface area (Å²) in [6.45, 7) is 5.38. The zero-order valence-electron chi connectivity index (χ0n) is 13.9. The normalized spacial score (nSPS) is 16.1. The number of piperazine rings is 1. The first kappa shape index (κ1) is 16.7. The molecule has 0 atom stereocenters. The van der Waals surface area contributed by atoms with E-state index in [-0.39, 0.29) is 5.91 Å². The van der Waals surface area contributed by atoms with Crippen molar-refractivity contribution >= 4 is 11.6 Å². The summed E-state index contributed by atoms with van der Waals surface area (Å²) in [4.78, 5) is 23.0. The molecule has 6 nitrogen and oxygen atoms in total. The number of rotatable bonds is 6. The Labute approximate surface area is 133 Å². The second-order valence-electron chi connectivity index (χ2n) is 6.11. The van der Waals surface area contributed by atoms with Gasteiger partial charge in [0.25, 0.3) is 5.91 Å². The number of amides is 1. The number of likely N-dealkylation sites (N-methyl/N-ethyl adjacent to an activating group) is 1. The molecule has 1 amide bonds. The van der Waals surface area contributed by atoms with Gasteiger partial charge >= 0.3 is 0 Å². The molecule has 6 heteroatoms. The Morgan fingerprint density at radius 2 is 2.00 bits per heavy atom. The maximum absolute atomic E-state index is 12.4. The van der Waals surface area contributed by atoms with Gasteiger partial charge in [0, 0.05) is 32.7 Å². The summed E-state index contributed by atoms with van der Waals surface area (Å²) in [7, 11) is 6.22. The van der Waals surface area contributed by atoms with E-state index in [0.29, 0.717) is 5.69 Å². The van der Waals surface area contributed by atoms with Gasteiger partial charge in [-0.3, -0.25) is 4.79 Å². The molecule has 0 bridgehead atoms. The molecule has 122 valence electrons. The van der Waals surface area contributed by atoms with Gasteiger partial charge < -0.3 is 20.0 Å². The van der Waals surface area contributed by atoms with Crippen LogP contribution in [0.4, 0.5) is 5.69 Å². The van der Waals surface area contributed by atoms with Crippen molar-refractivity contribution in [3.63, 3.8) is 0 Å². The number of nitrogens with zero attached hydrogens (tertiary/aromatic N) is 4. The molecule has 0 saturated carbocycles. The fraction of sp³-hybridized carbons (Fsp3) is 0.625. The number of hydrogen-bond acceptors (Lipinski definition) is 5. The van der Waals surface area contributed by atoms with Crippen LogP contribution in [0.1, 0.15) is 16.9 Å². The van der Waals surface area contributed by atoms with Crippen LogP contribution in [-0.4, -0.2) is 86.0 Å². The van der Waals surface area contributed by atoms with Gasteiger partial charge in [-0.1, -0.05) is 0 Å². The van der Waals surface area contributed by atoms with E-state index in [1.54, 1.807) is 6.20 Å². The third-order valence-corrected chi connectivity index (χ3v) is 3.88. The van der Waals surface area contributed by atoms with Crippen LogP contribution in [0.3, 0.4) is 0 Å². The third kappa shape index (κ3) is 4.96. The van der Waals surface area contributed by atoms with Crippen LogP contribution in [0.15, 0.2) is 18.3 Å². The van der Waals surface area contributed by atoms with Crippen LogP contribution >= 0.6 is 0 Å². The highest BCUT2D eigenvalue weighted by molar-refractivity contribution is 5.92. The molecule has 0 radical (unpaired) electrons. The average Bonchev–Trinajstić information content (AvgIpc) is 2.52. The standard InChI is InChI=1S/C16H27N5O/c1-19(2)8-4-7-17-14-5-6-15(18-13-14)16(22)21-11-9-20(3)10-12-21/h5-6,13,17H,4,7-12H2,1-3H3. The van der Waals surface area contributed by atoms with Crippen molar-refractivity contribution in [2.75, 3.05) is 65.7 Å². The Balaban J connectivity index is 1.82. The van der Waals surface area contributed by atoms with Gasteiger partial charge in [0.05, 0.1) is 11.9 Å². The Morgan fingerprint density at radius 3 is 2.59 bits per heavy atom. The van der Waals surface area contributed by atoms with Gasteiger partial charge in [0.1, 0.15) is 5.69 Å². The zero-order chi connectivity index (χ0) is 15.9. The molecule has 1 aliphatic heterocycles. The lowest BCUT2D eigenvalue weighted by atomic mass is 10.2. The number of pyridine rings is 1. The highest BCUT2D eigenvalue weighted by Gasteiger charge is 2.20. The van der Waals surface area contributed by atoms with Crippen molar-refractivity contribution in [1.82, 2.24) is 19.7 Å². The van der Waals surface area contributed by atoms with Crippen LogP contribution in [0, 0.1) is 0 Å². The van der Waals surface area contributed by atoms with Crippen LogP contribution < -0.4 is 5.32 Å². The highest BCUT2D eigenvalue weighted by atomic mass is 16.2. The molecule has 2 heterocycles. The highest BCUT2D eigenvalue weighted by Crippen LogP contribution is 2.10. The molecule has 1 saturated heterocycles. The first-order valence-electron chi connectivity index (χ1n) is 7.89. The number of nitrogens with one attached hydrogen (secondary N) is 1. The van der Waals surface area contributed by atoms with Gasteiger partial charge in [-0.25, -0.2) is 4.98 Å². The number of carbonyl (C=O) groups is 1. The van der Waals surface area contributed by atoms with Gasteiger partial charge in [-0.2, -0.15) is 0 Å². The van der Waals surface area contributed by atoms with Gasteiger partial charge in [0.2, 0.25) is 0 Å². The molecule has 0 aliphatic carbocycles. The Morgan fingerprint density at radius 1 is 1.27 bits per heavy atom. The summed E-state index contributed by atoms with van der Waals surface area (Å²) in [5, 5.41) is 3.33. The van der Waals surface area contributed by atoms with E-state index in [9.17, 15) is 4.79 Å². The molecule has 0 aromatic carbocycles. The van der Waals surface area contributed by atoms with Crippen molar-refractivity contribution in [2.45, 2.75) is 6.42 Å². The summed E-state index contributed by atoms with van der Waals surface area (Å²) in [6, 6.07) is 3.75. The predicted molar refractivity (Wildman–Crippen MR) is 89.3 cm³/mol. The molecule has 1 fully saturated rings. The van der Waals surface area contributed by atoms with Gasteiger partial charge in [-0.05, 0) is 46.2 Å². The quantitative estimate of drug-likeness (QED) is 0.789. The monoisotopic (exact) mass is 305 g/mol. The maximum atomic E-state index is 12.4. The summed E-state index contributed by atoms with van der Waals surface area (Å²) < 4.78 is 0. The second kappa shape index (κ2) is 8.10. The molecule has 2 rings (SSSR count). The topological polar surface area (TPSA) is 51.7 Å². The lowest BCUT2D eigenvalue weighted by molar-refractivity contribution is 0.0658. The van der Waals surface area contributed by atoms with Crippen LogP contribution in [0.25, 0.3) is 0 Å². The van der Waals surface area contributed by atoms with E-state index in [4.69, 9.17) is 0 Å². The van der Waals surface area contributed by atoms with Crippen LogP contribution in [0.2, 0.25) is 0 Å². The molecule has 1 N–H and O–H groups in total. The third-order valence-electron chi connectivity index (χ3n) is 3.88. The summed E-state index contributed by atoms with van der Waals surface area (Å²) in [6.07, 6.45) is 2.83. The van der Waals surface area contributed by atoms with E-state index in [1.807, 2.05) is 17.0 Å². The first-order valence-corrected chi connectivity index (χ1v) is 7.89. The lowest BCUT2D eigenvalue weighted by Gasteiger charge is -2.32. The maximum Gasteiger partial charge on any atom is 0.272 e. The van der Waals surface area contributed by atoms with E-state index in [0.717, 1.165) is 51.4 Å². The molecule has 0 unspecified atom stereocenters. The predicted octanol–water partition coefficient (Wildman–Crippen LogP) is 0.833. The largest absolute Gasteiger partial charge is 0.384 e. The fourth-order valence-electron chi connectivity index (χ4n) is 2.42. The molecule has 1 aliphatic rings. The van der Waals surface area contributed by atoms with E-state index in [2.05, 4.69) is 41.2 Å². The summed E-state index contributed by atoms with van der Waals surface area (Å²) in [5.41, 5.74) is 1.50. The van der Waals surface area contributed by atoms with Crippen LogP contribution in [-0.2, 0) is 0 Å². The van der Waals surface area contributed by atoms with E-state index >= 15 is 0 Å². The van der Waals surface area contributed by atoms with Crippen molar-refractivity contribution in [1.29, 1.82) is 0 Å². The number of aromatic nitrogens is 1. The minimum absolute atomic E-state index is 0.0345. The molecule has 1 aromatic heterocycles. The smallest absolute Gasteiger partial charge is 0.272 e. The minimum Gasteiger partial charge on any atom is -0.384 e. The molecule has 22 heavy (non-hydrogen) atoms. The average molecular weight is 305 g/mol. The number of carbonyl (C=O) groups excluding carboxylic acids is 1. The fourth-order valence-corrected chi connectivity index (χ4v) is 2.42. The Bertz CT molecular complexity index is 466. The number of hydrogen-bond donors (Lipinski definition) is 1. The van der Waals surface area contributed by atoms with Crippen molar-refractivity contribution in [3.8, 4) is 0 Å². The molecule has 1 aromatic rings. The van der Waals surface area contributed by atoms with Gasteiger partial charge in [-0.15, -0.1) is 0 Å². The first-order chi connectivity index (χ1) is 10.6. The van der Waals surface area contributed by atoms with E-state index in [1.165, 1.54) is 0 Å². The summed E-state index contributed by atoms with van der Waals surface area (Å²) >= 11 is 0. The SMILES string of the molecule is CN(C)CCCNc1ccc(C(=O)N2CCN(C)CC2)nc1. The summed E-state index contributed by atoms with van der Waals surface area (Å²) in [5.74, 6) is 0.0345.